The van der Waals surface area contributed by atoms with Crippen LogP contribution in [0.3, 0.4) is 0 Å². The Bertz CT molecular complexity index is 691. The lowest BCUT2D eigenvalue weighted by molar-refractivity contribution is 0.0938. The number of benzene rings is 2. The molecule has 0 spiro atoms. The van der Waals surface area contributed by atoms with Crippen molar-refractivity contribution in [2.45, 2.75) is 13.0 Å². The topological polar surface area (TPSA) is 29.1 Å². The molecular weight excluding hydrogens is 408 g/mol. The zero-order valence-electron chi connectivity index (χ0n) is 11.0. The molecular formula is C15H11Br2F2NO. The van der Waals surface area contributed by atoms with Crippen molar-refractivity contribution in [1.82, 2.24) is 5.32 Å². The van der Waals surface area contributed by atoms with Crippen LogP contribution in [-0.4, -0.2) is 5.91 Å². The van der Waals surface area contributed by atoms with E-state index in [0.29, 0.717) is 10.0 Å². The van der Waals surface area contributed by atoms with Crippen LogP contribution in [0.4, 0.5) is 8.78 Å². The Labute approximate surface area is 137 Å². The van der Waals surface area contributed by atoms with Crippen LogP contribution in [0.5, 0.6) is 0 Å². The molecule has 0 aliphatic carbocycles. The summed E-state index contributed by atoms with van der Waals surface area (Å²) in [6.07, 6.45) is 0. The molecule has 1 atom stereocenters. The van der Waals surface area contributed by atoms with Gasteiger partial charge in [-0.15, -0.1) is 0 Å². The normalized spacial score (nSPS) is 12.0. The molecule has 0 radical (unpaired) electrons. The molecule has 0 aliphatic heterocycles. The zero-order valence-corrected chi connectivity index (χ0v) is 14.1. The molecule has 21 heavy (non-hydrogen) atoms. The van der Waals surface area contributed by atoms with E-state index in [2.05, 4.69) is 37.2 Å². The van der Waals surface area contributed by atoms with E-state index in [-0.39, 0.29) is 11.5 Å². The molecule has 1 N–H and O–H groups in total. The first-order chi connectivity index (χ1) is 9.88. The summed E-state index contributed by atoms with van der Waals surface area (Å²) in [7, 11) is 0. The summed E-state index contributed by atoms with van der Waals surface area (Å²) in [5, 5.41) is 2.69. The highest BCUT2D eigenvalue weighted by Gasteiger charge is 2.17. The van der Waals surface area contributed by atoms with Gasteiger partial charge in [0.1, 0.15) is 11.6 Å². The summed E-state index contributed by atoms with van der Waals surface area (Å²) >= 11 is 6.61. The highest BCUT2D eigenvalue weighted by atomic mass is 79.9. The second-order valence-corrected chi connectivity index (χ2v) is 6.26. The van der Waals surface area contributed by atoms with Crippen molar-refractivity contribution in [2.24, 2.45) is 0 Å². The summed E-state index contributed by atoms with van der Waals surface area (Å²) in [5.41, 5.74) is 0.672. The summed E-state index contributed by atoms with van der Waals surface area (Å²) in [4.78, 5) is 12.2. The fourth-order valence-electron chi connectivity index (χ4n) is 1.88. The van der Waals surface area contributed by atoms with Crippen LogP contribution in [0.15, 0.2) is 45.3 Å². The van der Waals surface area contributed by atoms with E-state index < -0.39 is 17.7 Å². The van der Waals surface area contributed by atoms with Crippen molar-refractivity contribution in [3.8, 4) is 0 Å². The summed E-state index contributed by atoms with van der Waals surface area (Å²) in [6.45, 7) is 1.64. The van der Waals surface area contributed by atoms with Gasteiger partial charge in [0.15, 0.2) is 0 Å². The lowest BCUT2D eigenvalue weighted by Crippen LogP contribution is -2.27. The minimum atomic E-state index is -0.683. The molecule has 0 heterocycles. The van der Waals surface area contributed by atoms with Gasteiger partial charge in [-0.2, -0.15) is 0 Å². The average molecular weight is 419 g/mol. The molecule has 0 saturated heterocycles. The molecule has 0 fully saturated rings. The van der Waals surface area contributed by atoms with Gasteiger partial charge in [0, 0.05) is 20.6 Å². The highest BCUT2D eigenvalue weighted by molar-refractivity contribution is 9.11. The lowest BCUT2D eigenvalue weighted by Gasteiger charge is -2.16. The number of halogens is 4. The Hall–Kier alpha value is -1.27. The van der Waals surface area contributed by atoms with Crippen molar-refractivity contribution in [3.63, 3.8) is 0 Å². The quantitative estimate of drug-likeness (QED) is 0.748. The molecule has 1 amide bonds. The third-order valence-electron chi connectivity index (χ3n) is 2.95. The summed E-state index contributed by atoms with van der Waals surface area (Å²) < 4.78 is 28.0. The SMILES string of the molecule is CC(NC(=O)c1ccc(Br)cc1Br)c1ccc(F)cc1F. The van der Waals surface area contributed by atoms with E-state index in [1.54, 1.807) is 25.1 Å². The van der Waals surface area contributed by atoms with Gasteiger partial charge in [-0.1, -0.05) is 22.0 Å². The second-order valence-electron chi connectivity index (χ2n) is 4.49. The summed E-state index contributed by atoms with van der Waals surface area (Å²) in [6, 6.07) is 7.85. The van der Waals surface area contributed by atoms with Gasteiger partial charge < -0.3 is 5.32 Å². The zero-order chi connectivity index (χ0) is 15.6. The van der Waals surface area contributed by atoms with E-state index in [0.717, 1.165) is 16.6 Å². The Morgan fingerprint density at radius 1 is 1.14 bits per heavy atom. The Kier molecular flexibility index (Phi) is 5.11. The standard InChI is InChI=1S/C15H11Br2F2NO/c1-8(11-5-3-10(18)7-14(11)19)20-15(21)12-4-2-9(16)6-13(12)17/h2-8H,1H3,(H,20,21). The van der Waals surface area contributed by atoms with E-state index in [4.69, 9.17) is 0 Å². The number of carbonyl (C=O) groups excluding carboxylic acids is 1. The van der Waals surface area contributed by atoms with Crippen LogP contribution in [0.2, 0.25) is 0 Å². The lowest BCUT2D eigenvalue weighted by atomic mass is 10.1. The van der Waals surface area contributed by atoms with Crippen LogP contribution in [0.1, 0.15) is 28.9 Å². The molecule has 0 bridgehead atoms. The first kappa shape index (κ1) is 16.1. The van der Waals surface area contributed by atoms with Gasteiger partial charge in [0.25, 0.3) is 5.91 Å². The minimum absolute atomic E-state index is 0.234. The third-order valence-corrected chi connectivity index (χ3v) is 4.10. The molecule has 0 aliphatic rings. The second kappa shape index (κ2) is 6.66. The van der Waals surface area contributed by atoms with Gasteiger partial charge >= 0.3 is 0 Å². The molecule has 110 valence electrons. The van der Waals surface area contributed by atoms with E-state index in [1.165, 1.54) is 6.07 Å². The number of amides is 1. The molecule has 0 saturated carbocycles. The molecule has 1 unspecified atom stereocenters. The Morgan fingerprint density at radius 2 is 1.86 bits per heavy atom. The number of carbonyl (C=O) groups is 1. The number of rotatable bonds is 3. The van der Waals surface area contributed by atoms with E-state index >= 15 is 0 Å². The van der Waals surface area contributed by atoms with Crippen LogP contribution < -0.4 is 5.32 Å². The monoisotopic (exact) mass is 417 g/mol. The number of hydrogen-bond donors (Lipinski definition) is 1. The number of hydrogen-bond acceptors (Lipinski definition) is 1. The molecule has 2 aromatic rings. The largest absolute Gasteiger partial charge is 0.345 e. The summed E-state index contributed by atoms with van der Waals surface area (Å²) in [5.74, 6) is -1.67. The van der Waals surface area contributed by atoms with Gasteiger partial charge in [0.05, 0.1) is 11.6 Å². The maximum Gasteiger partial charge on any atom is 0.252 e. The molecule has 0 aromatic heterocycles. The average Bonchev–Trinajstić information content (AvgIpc) is 2.37. The Morgan fingerprint density at radius 3 is 2.48 bits per heavy atom. The van der Waals surface area contributed by atoms with Crippen LogP contribution in [0, 0.1) is 11.6 Å². The maximum atomic E-state index is 13.7. The van der Waals surface area contributed by atoms with Gasteiger partial charge in [0.2, 0.25) is 0 Å². The van der Waals surface area contributed by atoms with Crippen LogP contribution in [0.25, 0.3) is 0 Å². The molecule has 2 aromatic carbocycles. The van der Waals surface area contributed by atoms with Gasteiger partial charge in [-0.05, 0) is 47.1 Å². The van der Waals surface area contributed by atoms with Gasteiger partial charge in [-0.25, -0.2) is 8.78 Å². The predicted octanol–water partition coefficient (Wildman–Crippen LogP) is 4.98. The fraction of sp³-hybridized carbons (Fsp3) is 0.133. The van der Waals surface area contributed by atoms with Crippen molar-refractivity contribution in [1.29, 1.82) is 0 Å². The van der Waals surface area contributed by atoms with Crippen molar-refractivity contribution in [3.05, 3.63) is 68.1 Å². The van der Waals surface area contributed by atoms with E-state index in [1.807, 2.05) is 0 Å². The van der Waals surface area contributed by atoms with Crippen molar-refractivity contribution < 1.29 is 13.6 Å². The third kappa shape index (κ3) is 3.89. The highest BCUT2D eigenvalue weighted by Crippen LogP contribution is 2.23. The predicted molar refractivity (Wildman–Crippen MR) is 84.1 cm³/mol. The Balaban J connectivity index is 2.18. The van der Waals surface area contributed by atoms with Crippen LogP contribution in [-0.2, 0) is 0 Å². The smallest absolute Gasteiger partial charge is 0.252 e. The first-order valence-electron chi connectivity index (χ1n) is 6.09. The maximum absolute atomic E-state index is 13.7. The van der Waals surface area contributed by atoms with E-state index in [9.17, 15) is 13.6 Å². The fourth-order valence-corrected chi connectivity index (χ4v) is 3.11. The molecule has 6 heteroatoms. The first-order valence-corrected chi connectivity index (χ1v) is 7.68. The van der Waals surface area contributed by atoms with Crippen molar-refractivity contribution in [2.75, 3.05) is 0 Å². The minimum Gasteiger partial charge on any atom is -0.345 e. The molecule has 2 nitrogen and oxygen atoms in total. The van der Waals surface area contributed by atoms with Crippen LogP contribution >= 0.6 is 31.9 Å². The molecule has 2 rings (SSSR count). The van der Waals surface area contributed by atoms with Crippen molar-refractivity contribution >= 4 is 37.8 Å². The number of nitrogens with one attached hydrogen (secondary N) is 1. The van der Waals surface area contributed by atoms with Gasteiger partial charge in [-0.3, -0.25) is 4.79 Å².